The Labute approximate surface area is 97.0 Å². The Morgan fingerprint density at radius 2 is 2.31 bits per heavy atom. The fourth-order valence-electron chi connectivity index (χ4n) is 2.01. The summed E-state index contributed by atoms with van der Waals surface area (Å²) in [6, 6.07) is 0.881. The van der Waals surface area contributed by atoms with E-state index >= 15 is 0 Å². The van der Waals surface area contributed by atoms with Gasteiger partial charge in [0.2, 0.25) is 5.96 Å². The summed E-state index contributed by atoms with van der Waals surface area (Å²) in [5.41, 5.74) is 2.75. The minimum absolute atomic E-state index is 0.251. The molecule has 2 aliphatic rings. The molecule has 0 spiro atoms. The van der Waals surface area contributed by atoms with E-state index in [0.29, 0.717) is 12.1 Å². The third kappa shape index (κ3) is 2.65. The molecule has 16 heavy (non-hydrogen) atoms. The number of hydrazine groups is 1. The van der Waals surface area contributed by atoms with Crippen molar-refractivity contribution < 1.29 is 4.74 Å². The number of nitrogens with two attached hydrogens (primary N) is 1. The lowest BCUT2D eigenvalue weighted by atomic mass is 10.1. The highest BCUT2D eigenvalue weighted by atomic mass is 16.5. The summed E-state index contributed by atoms with van der Waals surface area (Å²) >= 11 is 0. The predicted octanol–water partition coefficient (Wildman–Crippen LogP) is 0.467. The molecule has 3 N–H and O–H groups in total. The van der Waals surface area contributed by atoms with Crippen LogP contribution in [0.5, 0.6) is 0 Å². The molecule has 2 fully saturated rings. The maximum atomic E-state index is 5.66. The molecule has 5 heteroatoms. The molecule has 0 aromatic heterocycles. The third-order valence-electron chi connectivity index (χ3n) is 3.19. The van der Waals surface area contributed by atoms with Crippen LogP contribution in [0.1, 0.15) is 33.1 Å². The van der Waals surface area contributed by atoms with Gasteiger partial charge < -0.3 is 9.64 Å². The van der Waals surface area contributed by atoms with Crippen LogP contribution in [0.2, 0.25) is 0 Å². The largest absolute Gasteiger partial charge is 0.375 e. The van der Waals surface area contributed by atoms with Crippen molar-refractivity contribution in [3.05, 3.63) is 0 Å². The number of morpholine rings is 1. The Morgan fingerprint density at radius 3 is 2.88 bits per heavy atom. The van der Waals surface area contributed by atoms with Gasteiger partial charge in [0.05, 0.1) is 24.8 Å². The van der Waals surface area contributed by atoms with Crippen molar-refractivity contribution in [3.63, 3.8) is 0 Å². The van der Waals surface area contributed by atoms with Crippen LogP contribution in [-0.4, -0.2) is 42.2 Å². The van der Waals surface area contributed by atoms with Gasteiger partial charge in [-0.15, -0.1) is 0 Å². The number of hydrogen-bond acceptors (Lipinski definition) is 3. The van der Waals surface area contributed by atoms with Gasteiger partial charge in [0, 0.05) is 6.54 Å². The predicted molar refractivity (Wildman–Crippen MR) is 64.0 cm³/mol. The van der Waals surface area contributed by atoms with Gasteiger partial charge in [-0.1, -0.05) is 6.92 Å². The molecule has 1 saturated heterocycles. The van der Waals surface area contributed by atoms with E-state index in [1.54, 1.807) is 0 Å². The lowest BCUT2D eigenvalue weighted by molar-refractivity contribution is -0.0297. The van der Waals surface area contributed by atoms with Crippen molar-refractivity contribution in [3.8, 4) is 0 Å². The SMILES string of the molecule is CCC1COC(C)CN1C(=NC1CC1)NN. The first kappa shape index (κ1) is 11.7. The minimum atomic E-state index is 0.251. The highest BCUT2D eigenvalue weighted by molar-refractivity contribution is 5.80. The number of nitrogens with one attached hydrogen (secondary N) is 1. The van der Waals surface area contributed by atoms with Crippen molar-refractivity contribution >= 4 is 5.96 Å². The number of nitrogens with zero attached hydrogens (tertiary/aromatic N) is 2. The van der Waals surface area contributed by atoms with Crippen LogP contribution in [0.15, 0.2) is 4.99 Å². The number of hydrogen-bond donors (Lipinski definition) is 2. The summed E-state index contributed by atoms with van der Waals surface area (Å²) in [5.74, 6) is 6.42. The molecule has 0 amide bonds. The monoisotopic (exact) mass is 226 g/mol. The van der Waals surface area contributed by atoms with Crippen molar-refractivity contribution in [1.29, 1.82) is 0 Å². The molecule has 0 aromatic carbocycles. The van der Waals surface area contributed by atoms with Gasteiger partial charge >= 0.3 is 0 Å². The molecule has 0 bridgehead atoms. The van der Waals surface area contributed by atoms with Crippen LogP contribution in [0.25, 0.3) is 0 Å². The summed E-state index contributed by atoms with van der Waals surface area (Å²) in [4.78, 5) is 6.87. The average molecular weight is 226 g/mol. The molecule has 2 unspecified atom stereocenters. The lowest BCUT2D eigenvalue weighted by Gasteiger charge is -2.39. The molecule has 5 nitrogen and oxygen atoms in total. The summed E-state index contributed by atoms with van der Waals surface area (Å²) in [6.07, 6.45) is 3.70. The van der Waals surface area contributed by atoms with Gasteiger partial charge in [-0.05, 0) is 26.2 Å². The molecule has 92 valence electrons. The number of guanidine groups is 1. The van der Waals surface area contributed by atoms with E-state index in [1.807, 2.05) is 0 Å². The smallest absolute Gasteiger partial charge is 0.209 e. The Balaban J connectivity index is 2.06. The molecular weight excluding hydrogens is 204 g/mol. The Bertz CT molecular complexity index is 265. The van der Waals surface area contributed by atoms with Crippen molar-refractivity contribution in [1.82, 2.24) is 10.3 Å². The van der Waals surface area contributed by atoms with E-state index in [1.165, 1.54) is 12.8 Å². The van der Waals surface area contributed by atoms with Crippen molar-refractivity contribution in [2.45, 2.75) is 51.3 Å². The summed E-state index contributed by atoms with van der Waals surface area (Å²) in [6.45, 7) is 5.89. The second-order valence-electron chi connectivity index (χ2n) is 4.69. The minimum Gasteiger partial charge on any atom is -0.375 e. The maximum absolute atomic E-state index is 5.66. The van der Waals surface area contributed by atoms with E-state index < -0.39 is 0 Å². The second-order valence-corrected chi connectivity index (χ2v) is 4.69. The maximum Gasteiger partial charge on any atom is 0.209 e. The van der Waals surface area contributed by atoms with Gasteiger partial charge in [-0.25, -0.2) is 10.8 Å². The van der Waals surface area contributed by atoms with Gasteiger partial charge in [0.25, 0.3) is 0 Å². The first-order valence-corrected chi connectivity index (χ1v) is 6.17. The van der Waals surface area contributed by atoms with Crippen molar-refractivity contribution in [2.75, 3.05) is 13.2 Å². The van der Waals surface area contributed by atoms with Crippen LogP contribution in [0.3, 0.4) is 0 Å². The molecule has 2 rings (SSSR count). The van der Waals surface area contributed by atoms with E-state index in [9.17, 15) is 0 Å². The van der Waals surface area contributed by atoms with E-state index in [4.69, 9.17) is 10.6 Å². The van der Waals surface area contributed by atoms with E-state index in [2.05, 4.69) is 29.2 Å². The lowest BCUT2D eigenvalue weighted by Crippen LogP contribution is -2.56. The molecule has 0 radical (unpaired) electrons. The Morgan fingerprint density at radius 1 is 1.56 bits per heavy atom. The third-order valence-corrected chi connectivity index (χ3v) is 3.19. The number of aliphatic imine (C=N–C) groups is 1. The molecule has 1 aliphatic carbocycles. The molecule has 2 atom stereocenters. The first-order valence-electron chi connectivity index (χ1n) is 6.17. The van der Waals surface area contributed by atoms with E-state index in [0.717, 1.165) is 25.5 Å². The molecule has 1 aliphatic heterocycles. The highest BCUT2D eigenvalue weighted by Crippen LogP contribution is 2.24. The van der Waals surface area contributed by atoms with Crippen LogP contribution in [-0.2, 0) is 4.74 Å². The van der Waals surface area contributed by atoms with Gasteiger partial charge in [0.15, 0.2) is 0 Å². The van der Waals surface area contributed by atoms with Crippen LogP contribution in [0.4, 0.5) is 0 Å². The van der Waals surface area contributed by atoms with Crippen molar-refractivity contribution in [2.24, 2.45) is 10.8 Å². The highest BCUT2D eigenvalue weighted by Gasteiger charge is 2.30. The zero-order valence-corrected chi connectivity index (χ0v) is 10.1. The molecular formula is C11H22N4O. The van der Waals surface area contributed by atoms with Crippen LogP contribution >= 0.6 is 0 Å². The summed E-state index contributed by atoms with van der Waals surface area (Å²) in [7, 11) is 0. The van der Waals surface area contributed by atoms with Gasteiger partial charge in [0.1, 0.15) is 0 Å². The normalized spacial score (nSPS) is 31.7. The fraction of sp³-hybridized carbons (Fsp3) is 0.909. The Hall–Kier alpha value is -0.810. The van der Waals surface area contributed by atoms with E-state index in [-0.39, 0.29) is 6.10 Å². The number of ether oxygens (including phenoxy) is 1. The van der Waals surface area contributed by atoms with Gasteiger partial charge in [-0.3, -0.25) is 5.43 Å². The quantitative estimate of drug-likeness (QED) is 0.311. The molecule has 0 aromatic rings. The average Bonchev–Trinajstić information content (AvgIpc) is 3.09. The summed E-state index contributed by atoms with van der Waals surface area (Å²) in [5, 5.41) is 0. The van der Waals surface area contributed by atoms with Crippen LogP contribution in [0, 0.1) is 0 Å². The molecule has 1 saturated carbocycles. The second kappa shape index (κ2) is 5.01. The topological polar surface area (TPSA) is 62.9 Å². The fourth-order valence-corrected chi connectivity index (χ4v) is 2.01. The van der Waals surface area contributed by atoms with Gasteiger partial charge in [-0.2, -0.15) is 0 Å². The van der Waals surface area contributed by atoms with Crippen LogP contribution < -0.4 is 11.3 Å². The molecule has 1 heterocycles. The zero-order valence-electron chi connectivity index (χ0n) is 10.1. The zero-order chi connectivity index (χ0) is 11.5. The standard InChI is InChI=1S/C11H22N4O/c1-3-10-7-16-8(2)6-15(10)11(14-12)13-9-4-5-9/h8-10H,3-7,12H2,1-2H3,(H,13,14). The Kier molecular flexibility index (Phi) is 3.66. The number of rotatable bonds is 2. The summed E-state index contributed by atoms with van der Waals surface area (Å²) < 4.78 is 5.66. The first-order chi connectivity index (χ1) is 7.74.